The number of benzene rings is 3. The topological polar surface area (TPSA) is 42.0 Å². The first-order chi connectivity index (χ1) is 13.6. The Morgan fingerprint density at radius 1 is 0.893 bits per heavy atom. The molecule has 0 unspecified atom stereocenters. The summed E-state index contributed by atoms with van der Waals surface area (Å²) in [5.74, 6) is -0.123. The molecule has 4 rings (SSSR count). The Morgan fingerprint density at radius 2 is 1.61 bits per heavy atom. The summed E-state index contributed by atoms with van der Waals surface area (Å²) >= 11 is 12.1. The third-order valence-corrected chi connectivity index (χ3v) is 4.93. The molecule has 0 spiro atoms. The van der Waals surface area contributed by atoms with Crippen LogP contribution in [0.3, 0.4) is 0 Å². The van der Waals surface area contributed by atoms with Gasteiger partial charge in [0.25, 0.3) is 0 Å². The fraction of sp³-hybridized carbons (Fsp3) is 0.0435. The van der Waals surface area contributed by atoms with Gasteiger partial charge in [-0.05, 0) is 41.5 Å². The molecule has 5 heteroatoms. The zero-order chi connectivity index (χ0) is 19.5. The van der Waals surface area contributed by atoms with Crippen LogP contribution in [0.1, 0.15) is 5.56 Å². The zero-order valence-corrected chi connectivity index (χ0v) is 16.3. The number of anilines is 1. The van der Waals surface area contributed by atoms with Crippen molar-refractivity contribution >= 4 is 45.7 Å². The van der Waals surface area contributed by atoms with Crippen molar-refractivity contribution in [1.82, 2.24) is 4.98 Å². The Bertz CT molecular complexity index is 1140. The van der Waals surface area contributed by atoms with Crippen molar-refractivity contribution in [3.05, 3.63) is 94.6 Å². The predicted molar refractivity (Wildman–Crippen MR) is 116 cm³/mol. The van der Waals surface area contributed by atoms with Gasteiger partial charge < -0.3 is 5.32 Å². The minimum Gasteiger partial charge on any atom is -0.324 e. The highest BCUT2D eigenvalue weighted by Gasteiger charge is 2.14. The van der Waals surface area contributed by atoms with Crippen molar-refractivity contribution in [1.29, 1.82) is 0 Å². The molecule has 3 aromatic carbocycles. The smallest absolute Gasteiger partial charge is 0.228 e. The SMILES string of the molecule is O=C(Cc1ccc(Cl)cc1)Nc1cnc2ccc(Cl)cc2c1-c1ccccc1. The molecule has 0 aliphatic heterocycles. The van der Waals surface area contributed by atoms with Crippen molar-refractivity contribution < 1.29 is 4.79 Å². The standard InChI is InChI=1S/C23H16Cl2N2O/c24-17-8-6-15(7-9-17)12-22(28)27-21-14-26-20-11-10-18(25)13-19(20)23(21)16-4-2-1-3-5-16/h1-11,13-14H,12H2,(H,27,28). The highest BCUT2D eigenvalue weighted by atomic mass is 35.5. The van der Waals surface area contributed by atoms with Crippen LogP contribution in [0, 0.1) is 0 Å². The van der Waals surface area contributed by atoms with Crippen LogP contribution < -0.4 is 5.32 Å². The van der Waals surface area contributed by atoms with Crippen molar-refractivity contribution in [2.24, 2.45) is 0 Å². The Morgan fingerprint density at radius 3 is 2.36 bits per heavy atom. The predicted octanol–water partition coefficient (Wildman–Crippen LogP) is 6.39. The molecule has 0 saturated carbocycles. The minimum absolute atomic E-state index is 0.123. The van der Waals surface area contributed by atoms with Crippen LogP contribution in [0.4, 0.5) is 5.69 Å². The van der Waals surface area contributed by atoms with Crippen LogP contribution in [0.2, 0.25) is 10.0 Å². The quantitative estimate of drug-likeness (QED) is 0.426. The van der Waals surface area contributed by atoms with E-state index in [1.54, 1.807) is 18.3 Å². The molecule has 3 nitrogen and oxygen atoms in total. The van der Waals surface area contributed by atoms with Gasteiger partial charge in [-0.15, -0.1) is 0 Å². The third-order valence-electron chi connectivity index (χ3n) is 4.44. The van der Waals surface area contributed by atoms with Crippen molar-refractivity contribution in [3.63, 3.8) is 0 Å². The maximum absolute atomic E-state index is 12.7. The first-order valence-electron chi connectivity index (χ1n) is 8.78. The molecule has 4 aromatic rings. The normalized spacial score (nSPS) is 10.8. The van der Waals surface area contributed by atoms with E-state index in [0.717, 1.165) is 27.6 Å². The second kappa shape index (κ2) is 8.01. The average Bonchev–Trinajstić information content (AvgIpc) is 2.70. The highest BCUT2D eigenvalue weighted by molar-refractivity contribution is 6.31. The monoisotopic (exact) mass is 406 g/mol. The molecule has 0 radical (unpaired) electrons. The maximum Gasteiger partial charge on any atom is 0.228 e. The van der Waals surface area contributed by atoms with Gasteiger partial charge in [-0.25, -0.2) is 0 Å². The summed E-state index contributed by atoms with van der Waals surface area (Å²) in [5.41, 5.74) is 4.25. The van der Waals surface area contributed by atoms with Crippen molar-refractivity contribution in [3.8, 4) is 11.1 Å². The molecule has 1 aromatic heterocycles. The molecule has 1 N–H and O–H groups in total. The van der Waals surface area contributed by atoms with Crippen LogP contribution in [-0.4, -0.2) is 10.9 Å². The number of hydrogen-bond donors (Lipinski definition) is 1. The van der Waals surface area contributed by atoms with Crippen LogP contribution in [-0.2, 0) is 11.2 Å². The number of amides is 1. The molecular formula is C23H16Cl2N2O. The van der Waals surface area contributed by atoms with Crippen LogP contribution in [0.15, 0.2) is 79.0 Å². The summed E-state index contributed by atoms with van der Waals surface area (Å²) in [6.45, 7) is 0. The number of pyridine rings is 1. The number of carbonyl (C=O) groups excluding carboxylic acids is 1. The third kappa shape index (κ3) is 4.01. The molecule has 0 bridgehead atoms. The van der Waals surface area contributed by atoms with Gasteiger partial charge in [0.2, 0.25) is 5.91 Å². The van der Waals surface area contributed by atoms with Gasteiger partial charge >= 0.3 is 0 Å². The molecule has 1 amide bonds. The fourth-order valence-electron chi connectivity index (χ4n) is 3.16. The lowest BCUT2D eigenvalue weighted by atomic mass is 9.99. The molecule has 0 aliphatic rings. The molecule has 28 heavy (non-hydrogen) atoms. The number of aromatic nitrogens is 1. The lowest BCUT2D eigenvalue weighted by Gasteiger charge is -2.14. The summed E-state index contributed by atoms with van der Waals surface area (Å²) < 4.78 is 0. The summed E-state index contributed by atoms with van der Waals surface area (Å²) in [5, 5.41) is 5.16. The minimum atomic E-state index is -0.123. The molecular weight excluding hydrogens is 391 g/mol. The number of halogens is 2. The van der Waals surface area contributed by atoms with Gasteiger partial charge in [0.1, 0.15) is 0 Å². The van der Waals surface area contributed by atoms with E-state index >= 15 is 0 Å². The Hall–Kier alpha value is -2.88. The highest BCUT2D eigenvalue weighted by Crippen LogP contribution is 2.35. The number of nitrogens with zero attached hydrogens (tertiary/aromatic N) is 1. The number of fused-ring (bicyclic) bond motifs is 1. The van der Waals surface area contributed by atoms with E-state index in [0.29, 0.717) is 15.7 Å². The van der Waals surface area contributed by atoms with E-state index in [1.165, 1.54) is 0 Å². The molecule has 1 heterocycles. The number of carbonyl (C=O) groups is 1. The molecule has 0 saturated heterocycles. The summed E-state index contributed by atoms with van der Waals surface area (Å²) in [4.78, 5) is 17.1. The summed E-state index contributed by atoms with van der Waals surface area (Å²) in [6, 6.07) is 22.7. The first-order valence-corrected chi connectivity index (χ1v) is 9.54. The molecule has 0 fully saturated rings. The van der Waals surface area contributed by atoms with Crippen LogP contribution in [0.25, 0.3) is 22.0 Å². The van der Waals surface area contributed by atoms with Crippen molar-refractivity contribution in [2.75, 3.05) is 5.32 Å². The average molecular weight is 407 g/mol. The molecule has 0 atom stereocenters. The summed E-state index contributed by atoms with van der Waals surface area (Å²) in [7, 11) is 0. The Balaban J connectivity index is 1.74. The van der Waals surface area contributed by atoms with E-state index in [9.17, 15) is 4.79 Å². The Labute approximate surface area is 172 Å². The van der Waals surface area contributed by atoms with Crippen LogP contribution in [0.5, 0.6) is 0 Å². The molecule has 138 valence electrons. The maximum atomic E-state index is 12.7. The second-order valence-electron chi connectivity index (χ2n) is 6.43. The van der Waals surface area contributed by atoms with Gasteiger partial charge in [-0.1, -0.05) is 65.7 Å². The van der Waals surface area contributed by atoms with Crippen LogP contribution >= 0.6 is 23.2 Å². The molecule has 0 aliphatic carbocycles. The van der Waals surface area contributed by atoms with Gasteiger partial charge in [-0.2, -0.15) is 0 Å². The first kappa shape index (κ1) is 18.5. The van der Waals surface area contributed by atoms with E-state index in [4.69, 9.17) is 23.2 Å². The van der Waals surface area contributed by atoms with Crippen molar-refractivity contribution in [2.45, 2.75) is 6.42 Å². The summed E-state index contributed by atoms with van der Waals surface area (Å²) in [6.07, 6.45) is 1.94. The lowest BCUT2D eigenvalue weighted by Crippen LogP contribution is -2.15. The van der Waals surface area contributed by atoms with E-state index in [1.807, 2.05) is 60.7 Å². The van der Waals surface area contributed by atoms with Gasteiger partial charge in [0.15, 0.2) is 0 Å². The largest absolute Gasteiger partial charge is 0.324 e. The van der Waals surface area contributed by atoms with E-state index < -0.39 is 0 Å². The zero-order valence-electron chi connectivity index (χ0n) is 14.8. The van der Waals surface area contributed by atoms with E-state index in [2.05, 4.69) is 10.3 Å². The number of nitrogens with one attached hydrogen (secondary N) is 1. The van der Waals surface area contributed by atoms with Gasteiger partial charge in [0.05, 0.1) is 23.8 Å². The fourth-order valence-corrected chi connectivity index (χ4v) is 3.46. The van der Waals surface area contributed by atoms with Gasteiger partial charge in [-0.3, -0.25) is 9.78 Å². The number of rotatable bonds is 4. The lowest BCUT2D eigenvalue weighted by molar-refractivity contribution is -0.115. The Kier molecular flexibility index (Phi) is 5.29. The van der Waals surface area contributed by atoms with E-state index in [-0.39, 0.29) is 12.3 Å². The number of hydrogen-bond acceptors (Lipinski definition) is 2. The van der Waals surface area contributed by atoms with Gasteiger partial charge in [0, 0.05) is 21.0 Å². The second-order valence-corrected chi connectivity index (χ2v) is 7.30.